The smallest absolute Gasteiger partial charge is 0.278 e. The van der Waals surface area contributed by atoms with E-state index < -0.39 is 5.91 Å². The molecule has 0 atom stereocenters. The quantitative estimate of drug-likeness (QED) is 0.759. The van der Waals surface area contributed by atoms with Crippen LogP contribution in [0.15, 0.2) is 34.7 Å². The van der Waals surface area contributed by atoms with Gasteiger partial charge in [0.1, 0.15) is 12.0 Å². The highest BCUT2D eigenvalue weighted by Crippen LogP contribution is 2.32. The van der Waals surface area contributed by atoms with Gasteiger partial charge in [-0.1, -0.05) is 6.07 Å². The molecule has 24 heavy (non-hydrogen) atoms. The van der Waals surface area contributed by atoms with E-state index in [-0.39, 0.29) is 11.6 Å². The van der Waals surface area contributed by atoms with Gasteiger partial charge in [0.15, 0.2) is 23.7 Å². The summed E-state index contributed by atoms with van der Waals surface area (Å²) in [5.41, 5.74) is 0.559. The minimum atomic E-state index is -0.427. The van der Waals surface area contributed by atoms with E-state index in [2.05, 4.69) is 20.3 Å². The summed E-state index contributed by atoms with van der Waals surface area (Å²) in [4.78, 5) is 27.5. The summed E-state index contributed by atoms with van der Waals surface area (Å²) in [6.07, 6.45) is 2.62. The number of methoxy groups -OCH3 is 1. The second kappa shape index (κ2) is 6.67. The Kier molecular flexibility index (Phi) is 4.43. The van der Waals surface area contributed by atoms with E-state index in [1.54, 1.807) is 4.90 Å². The van der Waals surface area contributed by atoms with Gasteiger partial charge in [0.25, 0.3) is 5.91 Å². The van der Waals surface area contributed by atoms with Crippen LogP contribution in [-0.2, 0) is 0 Å². The molecule has 124 valence electrons. The number of carbonyl (C=O) groups excluding carboxylic acids is 1. The first-order chi connectivity index (χ1) is 11.6. The van der Waals surface area contributed by atoms with Crippen LogP contribution in [0.3, 0.4) is 0 Å². The van der Waals surface area contributed by atoms with E-state index in [4.69, 9.17) is 9.15 Å². The highest BCUT2D eigenvalue weighted by molar-refractivity contribution is 7.13. The zero-order valence-electron chi connectivity index (χ0n) is 13.3. The third-order valence-electron chi connectivity index (χ3n) is 3.18. The van der Waals surface area contributed by atoms with E-state index in [0.717, 1.165) is 4.88 Å². The summed E-state index contributed by atoms with van der Waals surface area (Å²) in [5, 5.41) is 4.67. The number of ether oxygens (including phenoxy) is 1. The summed E-state index contributed by atoms with van der Waals surface area (Å²) in [7, 11) is 5.10. The summed E-state index contributed by atoms with van der Waals surface area (Å²) in [6, 6.07) is 3.74. The van der Waals surface area contributed by atoms with Gasteiger partial charge in [-0.25, -0.2) is 9.97 Å². The highest BCUT2D eigenvalue weighted by Gasteiger charge is 2.23. The molecule has 0 aromatic carbocycles. The molecule has 0 radical (unpaired) electrons. The molecule has 0 unspecified atom stereocenters. The second-order valence-corrected chi connectivity index (χ2v) is 5.89. The highest BCUT2D eigenvalue weighted by atomic mass is 32.1. The lowest BCUT2D eigenvalue weighted by Gasteiger charge is -2.17. The van der Waals surface area contributed by atoms with Crippen LogP contribution in [0.2, 0.25) is 0 Å². The Bertz CT molecular complexity index is 845. The number of amides is 1. The van der Waals surface area contributed by atoms with Crippen LogP contribution >= 0.6 is 11.3 Å². The van der Waals surface area contributed by atoms with E-state index in [1.807, 2.05) is 31.6 Å². The minimum Gasteiger partial charge on any atom is -0.479 e. The van der Waals surface area contributed by atoms with Gasteiger partial charge in [0, 0.05) is 14.1 Å². The number of thiophene rings is 1. The fourth-order valence-electron chi connectivity index (χ4n) is 2.13. The van der Waals surface area contributed by atoms with Gasteiger partial charge in [-0.15, -0.1) is 11.3 Å². The van der Waals surface area contributed by atoms with E-state index in [0.29, 0.717) is 17.3 Å². The molecule has 0 bridgehead atoms. The van der Waals surface area contributed by atoms with Crippen molar-refractivity contribution in [1.29, 1.82) is 0 Å². The molecular weight excluding hydrogens is 330 g/mol. The molecule has 9 heteroatoms. The predicted octanol–water partition coefficient (Wildman–Crippen LogP) is 2.52. The van der Waals surface area contributed by atoms with Crippen molar-refractivity contribution < 1.29 is 13.9 Å². The zero-order valence-corrected chi connectivity index (χ0v) is 14.1. The van der Waals surface area contributed by atoms with Crippen molar-refractivity contribution in [3.05, 3.63) is 35.9 Å². The summed E-state index contributed by atoms with van der Waals surface area (Å²) < 4.78 is 10.6. The number of hydrogen-bond donors (Lipinski definition) is 1. The Morgan fingerprint density at radius 2 is 2.17 bits per heavy atom. The van der Waals surface area contributed by atoms with Gasteiger partial charge < -0.3 is 19.4 Å². The largest absolute Gasteiger partial charge is 0.479 e. The second-order valence-electron chi connectivity index (χ2n) is 4.94. The Morgan fingerprint density at radius 3 is 2.83 bits per heavy atom. The van der Waals surface area contributed by atoms with Crippen LogP contribution < -0.4 is 15.0 Å². The maximum atomic E-state index is 12.7. The van der Waals surface area contributed by atoms with Gasteiger partial charge in [-0.3, -0.25) is 4.79 Å². The molecule has 0 saturated heterocycles. The first kappa shape index (κ1) is 15.9. The fraction of sp³-hybridized carbons (Fsp3) is 0.200. The summed E-state index contributed by atoms with van der Waals surface area (Å²) in [6.45, 7) is 0. The molecular formula is C15H15N5O3S. The Balaban J connectivity index is 1.96. The van der Waals surface area contributed by atoms with Gasteiger partial charge in [0.2, 0.25) is 5.88 Å². The van der Waals surface area contributed by atoms with Crippen LogP contribution in [0, 0.1) is 0 Å². The van der Waals surface area contributed by atoms with E-state index in [1.165, 1.54) is 31.2 Å². The zero-order chi connectivity index (χ0) is 17.1. The number of carbonyl (C=O) groups is 1. The molecule has 0 saturated carbocycles. The molecule has 1 N–H and O–H groups in total. The summed E-state index contributed by atoms with van der Waals surface area (Å²) >= 11 is 1.46. The first-order valence-electron chi connectivity index (χ1n) is 6.96. The van der Waals surface area contributed by atoms with Crippen LogP contribution in [0.4, 0.5) is 11.5 Å². The van der Waals surface area contributed by atoms with Crippen molar-refractivity contribution in [3.8, 4) is 16.5 Å². The van der Waals surface area contributed by atoms with Crippen LogP contribution in [-0.4, -0.2) is 42.1 Å². The van der Waals surface area contributed by atoms with Gasteiger partial charge in [-0.2, -0.15) is 4.98 Å². The van der Waals surface area contributed by atoms with E-state index >= 15 is 0 Å². The Morgan fingerprint density at radius 1 is 1.33 bits per heavy atom. The monoisotopic (exact) mass is 345 g/mol. The molecule has 0 aliphatic carbocycles. The van der Waals surface area contributed by atoms with Crippen molar-refractivity contribution in [2.45, 2.75) is 0 Å². The lowest BCUT2D eigenvalue weighted by Crippen LogP contribution is -2.19. The average molecular weight is 345 g/mol. The fourth-order valence-corrected chi connectivity index (χ4v) is 2.84. The molecule has 1 amide bonds. The number of rotatable bonds is 5. The maximum Gasteiger partial charge on any atom is 0.278 e. The minimum absolute atomic E-state index is 0.188. The molecule has 3 aromatic rings. The number of oxazole rings is 1. The number of anilines is 2. The Hall–Kier alpha value is -2.94. The van der Waals surface area contributed by atoms with Crippen molar-refractivity contribution in [2.24, 2.45) is 0 Å². The predicted molar refractivity (Wildman–Crippen MR) is 90.7 cm³/mol. The number of nitrogens with one attached hydrogen (secondary N) is 1. The molecule has 0 spiro atoms. The van der Waals surface area contributed by atoms with Crippen molar-refractivity contribution in [2.75, 3.05) is 31.4 Å². The van der Waals surface area contributed by atoms with Gasteiger partial charge >= 0.3 is 0 Å². The van der Waals surface area contributed by atoms with Crippen LogP contribution in [0.25, 0.3) is 10.6 Å². The normalized spacial score (nSPS) is 10.5. The lowest BCUT2D eigenvalue weighted by molar-refractivity contribution is 0.102. The average Bonchev–Trinajstić information content (AvgIpc) is 3.25. The molecule has 3 aromatic heterocycles. The van der Waals surface area contributed by atoms with Crippen molar-refractivity contribution in [1.82, 2.24) is 15.0 Å². The number of hydrogen-bond acceptors (Lipinski definition) is 8. The standard InChI is InChI=1S/C15H15N5O3S/c1-20(2)13-11(15(22-3)17-7-16-13)19-14(21)10-12(23-8-18-10)9-5-4-6-24-9/h4-8H,1-3H3,(H,19,21). The molecule has 3 rings (SSSR count). The third-order valence-corrected chi connectivity index (χ3v) is 4.04. The van der Waals surface area contributed by atoms with Gasteiger partial charge in [-0.05, 0) is 11.4 Å². The molecule has 8 nitrogen and oxygen atoms in total. The molecule has 0 fully saturated rings. The van der Waals surface area contributed by atoms with E-state index in [9.17, 15) is 4.79 Å². The number of nitrogens with zero attached hydrogens (tertiary/aromatic N) is 4. The maximum absolute atomic E-state index is 12.7. The van der Waals surface area contributed by atoms with Crippen molar-refractivity contribution in [3.63, 3.8) is 0 Å². The number of aromatic nitrogens is 3. The molecule has 0 aliphatic heterocycles. The summed E-state index contributed by atoms with van der Waals surface area (Å²) in [5.74, 6) is 0.785. The molecule has 3 heterocycles. The molecule has 0 aliphatic rings. The SMILES string of the molecule is COc1ncnc(N(C)C)c1NC(=O)c1ncoc1-c1cccs1. The van der Waals surface area contributed by atoms with Crippen LogP contribution in [0.5, 0.6) is 5.88 Å². The first-order valence-corrected chi connectivity index (χ1v) is 7.84. The Labute approximate surface area is 142 Å². The lowest BCUT2D eigenvalue weighted by atomic mass is 10.2. The van der Waals surface area contributed by atoms with Crippen LogP contribution in [0.1, 0.15) is 10.5 Å². The van der Waals surface area contributed by atoms with Gasteiger partial charge in [0.05, 0.1) is 12.0 Å². The van der Waals surface area contributed by atoms with Crippen molar-refractivity contribution >= 4 is 28.7 Å². The topological polar surface area (TPSA) is 93.4 Å². The third kappa shape index (κ3) is 2.93.